The molecule has 3 aliphatic heterocycles. The standard InChI is InChI=1S/C45H71N3O10/c1-14-36-45(12,53)34-21-20-33(47-55-24-32-18-16-15-17-19-32)25-54-44(11,23-26(2)37(28(34)4)46-31(7)49)40(29(5)38(50)30(6)41(52)57-36)58-42-39(51)35(22-27(3)56-42)48(13)43(8,9)10/h15-19,26-30,34-36,39-40,42,51,53H,14,20-25H2,1-13H3/b46-37+,47-33+/t26-,27-,28-,29+,30-,34-,35+,36-,39-,40-,42+,44-,45+/m1/s1. The number of carbonyl (C=O) groups is 3. The Labute approximate surface area is 346 Å². The molecule has 0 saturated carbocycles. The van der Waals surface area contributed by atoms with Crippen LogP contribution in [0.25, 0.3) is 0 Å². The average molecular weight is 814 g/mol. The summed E-state index contributed by atoms with van der Waals surface area (Å²) in [6, 6.07) is 9.33. The number of carbonyl (C=O) groups excluding carboxylic acids is 3. The highest BCUT2D eigenvalue weighted by atomic mass is 16.7. The van der Waals surface area contributed by atoms with Crippen LogP contribution >= 0.6 is 0 Å². The number of nitrogens with zero attached hydrogens (tertiary/aromatic N) is 3. The summed E-state index contributed by atoms with van der Waals surface area (Å²) in [6.45, 7) is 22.2. The third-order valence-electron chi connectivity index (χ3n) is 12.9. The minimum Gasteiger partial charge on any atom is -0.459 e. The number of ketones is 1. The zero-order valence-corrected chi connectivity index (χ0v) is 37.2. The molecular weight excluding hydrogens is 743 g/mol. The molecule has 0 aliphatic carbocycles. The number of hydrogen-bond donors (Lipinski definition) is 2. The second kappa shape index (κ2) is 19.5. The van der Waals surface area contributed by atoms with E-state index in [1.54, 1.807) is 13.8 Å². The van der Waals surface area contributed by atoms with Crippen molar-refractivity contribution in [2.24, 2.45) is 39.7 Å². The summed E-state index contributed by atoms with van der Waals surface area (Å²) < 4.78 is 26.3. The summed E-state index contributed by atoms with van der Waals surface area (Å²) in [5, 5.41) is 29.1. The number of fused-ring (bicyclic) bond motifs is 5. The average Bonchev–Trinajstić information content (AvgIpc) is 3.17. The molecule has 3 saturated heterocycles. The highest BCUT2D eigenvalue weighted by Crippen LogP contribution is 2.42. The zero-order chi connectivity index (χ0) is 43.3. The second-order valence-electron chi connectivity index (χ2n) is 18.5. The Morgan fingerprint density at radius 3 is 2.31 bits per heavy atom. The molecule has 1 aromatic carbocycles. The smallest absolute Gasteiger partial charge is 0.316 e. The van der Waals surface area contributed by atoms with Crippen LogP contribution in [-0.4, -0.2) is 111 Å². The van der Waals surface area contributed by atoms with Gasteiger partial charge in [-0.3, -0.25) is 19.3 Å². The first-order valence-electron chi connectivity index (χ1n) is 21.1. The third-order valence-corrected chi connectivity index (χ3v) is 12.9. The third kappa shape index (κ3) is 11.2. The van der Waals surface area contributed by atoms with Crippen molar-refractivity contribution in [2.45, 2.75) is 175 Å². The number of aliphatic hydroxyl groups is 2. The van der Waals surface area contributed by atoms with Gasteiger partial charge in [0.05, 0.1) is 30.1 Å². The van der Waals surface area contributed by atoms with Crippen LogP contribution in [0.1, 0.15) is 121 Å². The van der Waals surface area contributed by atoms with Crippen LogP contribution in [0.4, 0.5) is 0 Å². The topological polar surface area (TPSA) is 166 Å². The number of hydrogen-bond acceptors (Lipinski definition) is 12. The lowest BCUT2D eigenvalue weighted by Crippen LogP contribution is -2.62. The molecule has 0 radical (unpaired) electrons. The van der Waals surface area contributed by atoms with Crippen LogP contribution in [0.15, 0.2) is 40.5 Å². The minimum atomic E-state index is -1.61. The number of Topliss-reactive ketones (excluding diaryl/α,β-unsaturated/α-hetero) is 1. The van der Waals surface area contributed by atoms with Gasteiger partial charge in [0.2, 0.25) is 5.91 Å². The summed E-state index contributed by atoms with van der Waals surface area (Å²) in [5.41, 5.74) is -1.19. The van der Waals surface area contributed by atoms with Gasteiger partial charge in [0, 0.05) is 36.1 Å². The molecule has 0 aromatic heterocycles. The lowest BCUT2D eigenvalue weighted by atomic mass is 9.68. The molecule has 58 heavy (non-hydrogen) atoms. The van der Waals surface area contributed by atoms with Crippen LogP contribution in [0.3, 0.4) is 0 Å². The molecule has 4 rings (SSSR count). The van der Waals surface area contributed by atoms with E-state index in [0.29, 0.717) is 30.7 Å². The first-order chi connectivity index (χ1) is 27.0. The quantitative estimate of drug-likeness (QED) is 0.180. The van der Waals surface area contributed by atoms with Crippen molar-refractivity contribution in [1.29, 1.82) is 0 Å². The normalized spacial score (nSPS) is 38.8. The van der Waals surface area contributed by atoms with E-state index in [2.05, 4.69) is 35.8 Å². The fourth-order valence-electron chi connectivity index (χ4n) is 9.27. The lowest BCUT2D eigenvalue weighted by molar-refractivity contribution is -0.299. The van der Waals surface area contributed by atoms with Gasteiger partial charge in [-0.2, -0.15) is 0 Å². The van der Waals surface area contributed by atoms with Gasteiger partial charge >= 0.3 is 5.97 Å². The van der Waals surface area contributed by atoms with Crippen molar-refractivity contribution in [1.82, 2.24) is 4.90 Å². The number of benzene rings is 1. The Hall–Kier alpha value is -3.07. The molecule has 3 heterocycles. The summed E-state index contributed by atoms with van der Waals surface area (Å²) >= 11 is 0. The van der Waals surface area contributed by atoms with Gasteiger partial charge in [-0.1, -0.05) is 63.2 Å². The van der Waals surface area contributed by atoms with E-state index in [4.69, 9.17) is 23.8 Å². The Morgan fingerprint density at radius 2 is 1.71 bits per heavy atom. The molecule has 1 aromatic rings. The molecule has 1 amide bonds. The van der Waals surface area contributed by atoms with Crippen molar-refractivity contribution in [3.63, 3.8) is 0 Å². The first-order valence-corrected chi connectivity index (χ1v) is 21.1. The molecule has 0 spiro atoms. The highest BCUT2D eigenvalue weighted by molar-refractivity contribution is 6.00. The van der Waals surface area contributed by atoms with Gasteiger partial charge in [-0.25, -0.2) is 4.99 Å². The number of oxime groups is 1. The number of cyclic esters (lactones) is 1. The van der Waals surface area contributed by atoms with Crippen molar-refractivity contribution in [3.05, 3.63) is 35.9 Å². The number of aliphatic imine (C=N–C) groups is 1. The van der Waals surface area contributed by atoms with Crippen LogP contribution in [0.2, 0.25) is 0 Å². The number of rotatable bonds is 7. The fourth-order valence-corrected chi connectivity index (χ4v) is 9.27. The molecule has 13 nitrogen and oxygen atoms in total. The molecule has 13 atom stereocenters. The molecule has 2 N–H and O–H groups in total. The highest BCUT2D eigenvalue weighted by Gasteiger charge is 2.53. The maximum absolute atomic E-state index is 14.6. The largest absolute Gasteiger partial charge is 0.459 e. The van der Waals surface area contributed by atoms with E-state index in [9.17, 15) is 24.6 Å². The Balaban J connectivity index is 1.94. The van der Waals surface area contributed by atoms with Crippen molar-refractivity contribution >= 4 is 29.1 Å². The number of esters is 1. The fraction of sp³-hybridized carbons (Fsp3) is 0.756. The molecule has 3 aliphatic rings. The Bertz CT molecular complexity index is 1630. The van der Waals surface area contributed by atoms with Crippen molar-refractivity contribution < 1.29 is 48.4 Å². The summed E-state index contributed by atoms with van der Waals surface area (Å²) in [5.74, 6) is -5.32. The zero-order valence-electron chi connectivity index (χ0n) is 37.2. The van der Waals surface area contributed by atoms with Crippen LogP contribution in [0, 0.1) is 29.6 Å². The molecular formula is C45H71N3O10. The Kier molecular flexibility index (Phi) is 16.0. The van der Waals surface area contributed by atoms with E-state index in [1.165, 1.54) is 13.8 Å². The van der Waals surface area contributed by atoms with E-state index in [-0.39, 0.29) is 43.7 Å². The van der Waals surface area contributed by atoms with E-state index in [0.717, 1.165) is 5.56 Å². The monoisotopic (exact) mass is 814 g/mol. The molecule has 326 valence electrons. The second-order valence-corrected chi connectivity index (χ2v) is 18.5. The van der Waals surface area contributed by atoms with Gasteiger partial charge in [-0.05, 0) is 105 Å². The van der Waals surface area contributed by atoms with Crippen molar-refractivity contribution in [3.8, 4) is 0 Å². The number of aliphatic hydroxyl groups excluding tert-OH is 1. The lowest BCUT2D eigenvalue weighted by Gasteiger charge is -2.49. The summed E-state index contributed by atoms with van der Waals surface area (Å²) in [6.07, 6.45) is -2.95. The Morgan fingerprint density at radius 1 is 1.05 bits per heavy atom. The maximum atomic E-state index is 14.6. The minimum absolute atomic E-state index is 0.0245. The molecule has 2 bridgehead atoms. The van der Waals surface area contributed by atoms with E-state index < -0.39 is 83.1 Å². The summed E-state index contributed by atoms with van der Waals surface area (Å²) in [4.78, 5) is 54.0. The predicted octanol–water partition coefficient (Wildman–Crippen LogP) is 6.30. The van der Waals surface area contributed by atoms with E-state index in [1.807, 2.05) is 72.0 Å². The SMILES string of the molecule is CC[C@H]1OC(=O)[C@H](C)C(=O)[C@H](C)[C@@H](O[C@@H]2O[C@H](C)C[C@H](N(C)C(C)(C)C)[C@H]2O)[C@@]2(C)C[C@@H](C)/C(=N\C(C)=O)[C@H](C)[C@@H](CC/C(=N\OCc3ccccc3)CO2)[C@]1(C)O. The molecule has 0 unspecified atom stereocenters. The van der Waals surface area contributed by atoms with Crippen molar-refractivity contribution in [2.75, 3.05) is 13.7 Å². The van der Waals surface area contributed by atoms with Gasteiger partial charge in [0.25, 0.3) is 0 Å². The van der Waals surface area contributed by atoms with Gasteiger partial charge in [-0.15, -0.1) is 0 Å². The first kappa shape index (κ1) is 47.6. The molecule has 13 heteroatoms. The number of likely N-dealkylation sites (N-methyl/N-ethyl adjacent to an activating group) is 1. The van der Waals surface area contributed by atoms with Gasteiger partial charge in [0.1, 0.15) is 30.3 Å². The number of amides is 1. The maximum Gasteiger partial charge on any atom is 0.316 e. The van der Waals surface area contributed by atoms with Gasteiger partial charge in [0.15, 0.2) is 12.1 Å². The van der Waals surface area contributed by atoms with Crippen LogP contribution in [-0.2, 0) is 44.8 Å². The van der Waals surface area contributed by atoms with Crippen LogP contribution in [0.5, 0.6) is 0 Å². The number of ether oxygens (including phenoxy) is 4. The van der Waals surface area contributed by atoms with Gasteiger partial charge < -0.3 is 34.0 Å². The van der Waals surface area contributed by atoms with Crippen LogP contribution < -0.4 is 0 Å². The predicted molar refractivity (Wildman–Crippen MR) is 222 cm³/mol. The molecule has 3 fully saturated rings. The van der Waals surface area contributed by atoms with E-state index >= 15 is 0 Å². The summed E-state index contributed by atoms with van der Waals surface area (Å²) in [7, 11) is 1.96.